The van der Waals surface area contributed by atoms with Crippen LogP contribution in [-0.2, 0) is 4.79 Å². The molecule has 0 aromatic heterocycles. The number of nitrogens with zero attached hydrogens (tertiary/aromatic N) is 1. The maximum atomic E-state index is 12.3. The van der Waals surface area contributed by atoms with Crippen LogP contribution in [0, 0.1) is 0 Å². The minimum Gasteiger partial charge on any atom is -0.376 e. The number of benzene rings is 2. The molecule has 2 aromatic rings. The van der Waals surface area contributed by atoms with Gasteiger partial charge in [-0.2, -0.15) is 0 Å². The Bertz CT molecular complexity index is 775. The molecule has 2 aromatic carbocycles. The van der Waals surface area contributed by atoms with Gasteiger partial charge in [-0.15, -0.1) is 0 Å². The Balaban J connectivity index is 1.90. The largest absolute Gasteiger partial charge is 0.376 e. The number of anilines is 2. The number of hydrogen-bond donors (Lipinski definition) is 2. The number of amides is 2. The highest BCUT2D eigenvalue weighted by Gasteiger charge is 2.12. The van der Waals surface area contributed by atoms with Gasteiger partial charge in [0.1, 0.15) is 0 Å². The Morgan fingerprint density at radius 1 is 0.923 bits per heavy atom. The van der Waals surface area contributed by atoms with Crippen LogP contribution in [0.15, 0.2) is 42.5 Å². The maximum Gasteiger partial charge on any atom is 0.253 e. The molecule has 138 valence electrons. The van der Waals surface area contributed by atoms with Gasteiger partial charge >= 0.3 is 0 Å². The van der Waals surface area contributed by atoms with Gasteiger partial charge in [0.25, 0.3) is 5.91 Å². The summed E-state index contributed by atoms with van der Waals surface area (Å²) in [5.74, 6) is -0.217. The minimum absolute atomic E-state index is 0.00101. The molecular weight excluding hydrogens is 373 g/mol. The Morgan fingerprint density at radius 2 is 1.54 bits per heavy atom. The fourth-order valence-electron chi connectivity index (χ4n) is 2.39. The zero-order valence-electron chi connectivity index (χ0n) is 14.7. The SMILES string of the molecule is CCN(CC)C(=O)c1ccc(NCC(=O)Nc2ccc(Cl)c(Cl)c2)cc1. The molecule has 2 amide bonds. The van der Waals surface area contributed by atoms with Gasteiger partial charge in [-0.05, 0) is 56.3 Å². The molecule has 0 aliphatic rings. The summed E-state index contributed by atoms with van der Waals surface area (Å²) in [6, 6.07) is 12.0. The van der Waals surface area contributed by atoms with E-state index < -0.39 is 0 Å². The Kier molecular flexibility index (Phi) is 7.30. The monoisotopic (exact) mass is 393 g/mol. The van der Waals surface area contributed by atoms with Crippen molar-refractivity contribution in [1.82, 2.24) is 4.90 Å². The first kappa shape index (κ1) is 20.1. The summed E-state index contributed by atoms with van der Waals surface area (Å²) in [6.07, 6.45) is 0. The first-order valence-electron chi connectivity index (χ1n) is 8.32. The van der Waals surface area contributed by atoms with Crippen molar-refractivity contribution in [2.75, 3.05) is 30.3 Å². The lowest BCUT2D eigenvalue weighted by Crippen LogP contribution is -2.30. The van der Waals surface area contributed by atoms with Crippen molar-refractivity contribution in [3.63, 3.8) is 0 Å². The van der Waals surface area contributed by atoms with E-state index in [-0.39, 0.29) is 18.4 Å². The van der Waals surface area contributed by atoms with Crippen LogP contribution in [0.2, 0.25) is 10.0 Å². The van der Waals surface area contributed by atoms with Crippen molar-refractivity contribution in [2.24, 2.45) is 0 Å². The highest BCUT2D eigenvalue weighted by molar-refractivity contribution is 6.42. The van der Waals surface area contributed by atoms with Gasteiger partial charge in [0, 0.05) is 30.0 Å². The van der Waals surface area contributed by atoms with E-state index in [4.69, 9.17) is 23.2 Å². The smallest absolute Gasteiger partial charge is 0.253 e. The van der Waals surface area contributed by atoms with E-state index in [0.717, 1.165) is 5.69 Å². The molecule has 2 N–H and O–H groups in total. The molecular formula is C19H21Cl2N3O2. The molecule has 7 heteroatoms. The average Bonchev–Trinajstić information content (AvgIpc) is 2.64. The van der Waals surface area contributed by atoms with E-state index in [1.54, 1.807) is 47.4 Å². The predicted molar refractivity (Wildman–Crippen MR) is 107 cm³/mol. The third kappa shape index (κ3) is 5.38. The number of nitrogens with one attached hydrogen (secondary N) is 2. The molecule has 0 atom stereocenters. The summed E-state index contributed by atoms with van der Waals surface area (Å²) in [6.45, 7) is 5.33. The lowest BCUT2D eigenvalue weighted by atomic mass is 10.2. The first-order valence-corrected chi connectivity index (χ1v) is 9.08. The van der Waals surface area contributed by atoms with Crippen LogP contribution < -0.4 is 10.6 Å². The zero-order chi connectivity index (χ0) is 19.1. The Morgan fingerprint density at radius 3 is 2.12 bits per heavy atom. The van der Waals surface area contributed by atoms with Crippen LogP contribution in [0.4, 0.5) is 11.4 Å². The highest BCUT2D eigenvalue weighted by atomic mass is 35.5. The molecule has 0 fully saturated rings. The van der Waals surface area contributed by atoms with Crippen LogP contribution in [-0.4, -0.2) is 36.3 Å². The third-order valence-electron chi connectivity index (χ3n) is 3.84. The highest BCUT2D eigenvalue weighted by Crippen LogP contribution is 2.24. The topological polar surface area (TPSA) is 61.4 Å². The number of carbonyl (C=O) groups is 2. The molecule has 0 aliphatic carbocycles. The summed E-state index contributed by atoms with van der Waals surface area (Å²) >= 11 is 11.8. The van der Waals surface area contributed by atoms with Crippen molar-refractivity contribution >= 4 is 46.4 Å². The molecule has 0 heterocycles. The lowest BCUT2D eigenvalue weighted by Gasteiger charge is -2.18. The van der Waals surface area contributed by atoms with Gasteiger partial charge < -0.3 is 15.5 Å². The minimum atomic E-state index is -0.216. The predicted octanol–water partition coefficient (Wildman–Crippen LogP) is 4.53. The Labute approximate surface area is 163 Å². The van der Waals surface area contributed by atoms with Crippen LogP contribution in [0.5, 0.6) is 0 Å². The van der Waals surface area contributed by atoms with Gasteiger partial charge in [0.2, 0.25) is 5.91 Å². The molecule has 0 bridgehead atoms. The summed E-state index contributed by atoms with van der Waals surface area (Å²) < 4.78 is 0. The standard InChI is InChI=1S/C19H21Cl2N3O2/c1-3-24(4-2)19(26)13-5-7-14(8-6-13)22-12-18(25)23-15-9-10-16(20)17(21)11-15/h5-11,22H,3-4,12H2,1-2H3,(H,23,25). The fourth-order valence-corrected chi connectivity index (χ4v) is 2.68. The molecule has 0 saturated heterocycles. The number of halogens is 2. The number of rotatable bonds is 7. The number of carbonyl (C=O) groups excluding carboxylic acids is 2. The number of hydrogen-bond acceptors (Lipinski definition) is 3. The normalized spacial score (nSPS) is 10.3. The molecule has 0 saturated carbocycles. The maximum absolute atomic E-state index is 12.3. The fraction of sp³-hybridized carbons (Fsp3) is 0.263. The molecule has 0 radical (unpaired) electrons. The molecule has 0 aliphatic heterocycles. The van der Waals surface area contributed by atoms with Crippen molar-refractivity contribution in [1.29, 1.82) is 0 Å². The van der Waals surface area contributed by atoms with Crippen molar-refractivity contribution in [2.45, 2.75) is 13.8 Å². The summed E-state index contributed by atoms with van der Waals surface area (Å²) in [4.78, 5) is 26.0. The molecule has 2 rings (SSSR count). The molecule has 0 spiro atoms. The van der Waals surface area contributed by atoms with E-state index in [2.05, 4.69) is 10.6 Å². The Hall–Kier alpha value is -2.24. The third-order valence-corrected chi connectivity index (χ3v) is 4.58. The van der Waals surface area contributed by atoms with Crippen LogP contribution in [0.1, 0.15) is 24.2 Å². The summed E-state index contributed by atoms with van der Waals surface area (Å²) in [5.41, 5.74) is 1.95. The van der Waals surface area contributed by atoms with Gasteiger partial charge in [-0.3, -0.25) is 9.59 Å². The molecule has 5 nitrogen and oxygen atoms in total. The second-order valence-corrected chi connectivity index (χ2v) is 6.40. The van der Waals surface area contributed by atoms with E-state index in [9.17, 15) is 9.59 Å². The van der Waals surface area contributed by atoms with E-state index in [0.29, 0.717) is 34.4 Å². The van der Waals surface area contributed by atoms with Crippen LogP contribution in [0.25, 0.3) is 0 Å². The molecule has 26 heavy (non-hydrogen) atoms. The second-order valence-electron chi connectivity index (χ2n) is 5.59. The van der Waals surface area contributed by atoms with E-state index in [1.807, 2.05) is 13.8 Å². The molecule has 0 unspecified atom stereocenters. The lowest BCUT2D eigenvalue weighted by molar-refractivity contribution is -0.114. The summed E-state index contributed by atoms with van der Waals surface area (Å²) in [5, 5.41) is 6.57. The van der Waals surface area contributed by atoms with Crippen molar-refractivity contribution in [3.05, 3.63) is 58.1 Å². The van der Waals surface area contributed by atoms with Gasteiger partial charge in [0.05, 0.1) is 16.6 Å². The van der Waals surface area contributed by atoms with E-state index in [1.165, 1.54) is 0 Å². The van der Waals surface area contributed by atoms with Gasteiger partial charge in [0.15, 0.2) is 0 Å². The van der Waals surface area contributed by atoms with E-state index >= 15 is 0 Å². The average molecular weight is 394 g/mol. The van der Waals surface area contributed by atoms with Crippen LogP contribution in [0.3, 0.4) is 0 Å². The van der Waals surface area contributed by atoms with Gasteiger partial charge in [-0.1, -0.05) is 23.2 Å². The van der Waals surface area contributed by atoms with Crippen molar-refractivity contribution in [3.8, 4) is 0 Å². The summed E-state index contributed by atoms with van der Waals surface area (Å²) in [7, 11) is 0. The van der Waals surface area contributed by atoms with Crippen molar-refractivity contribution < 1.29 is 9.59 Å². The van der Waals surface area contributed by atoms with Gasteiger partial charge in [-0.25, -0.2) is 0 Å². The quantitative estimate of drug-likeness (QED) is 0.726. The second kappa shape index (κ2) is 9.46. The first-order chi connectivity index (χ1) is 12.4. The zero-order valence-corrected chi connectivity index (χ0v) is 16.2. The van der Waals surface area contributed by atoms with Crippen LogP contribution >= 0.6 is 23.2 Å².